The van der Waals surface area contributed by atoms with Gasteiger partial charge in [0.1, 0.15) is 0 Å². The van der Waals surface area contributed by atoms with Crippen LogP contribution in [0.25, 0.3) is 76.5 Å². The largest absolute Gasteiger partial charge is 0.0776 e. The number of rotatable bonds is 5. The van der Waals surface area contributed by atoms with Gasteiger partial charge in [-0.05, 0) is 94.7 Å². The number of fused-ring (bicyclic) bond motifs is 5. The molecule has 0 unspecified atom stereocenters. The molecular formula is C46H42Si2. The minimum Gasteiger partial charge on any atom is -0.0656 e. The van der Waals surface area contributed by atoms with Crippen molar-refractivity contribution in [1.29, 1.82) is 0 Å². The second-order valence-corrected chi connectivity index (χ2v) is 25.6. The summed E-state index contributed by atoms with van der Waals surface area (Å²) in [7, 11) is -3.09. The Morgan fingerprint density at radius 1 is 0.312 bits per heavy atom. The number of benzene rings is 8. The summed E-state index contributed by atoms with van der Waals surface area (Å²) in [6.45, 7) is 14.7. The van der Waals surface area contributed by atoms with Crippen molar-refractivity contribution in [2.24, 2.45) is 0 Å². The third-order valence-electron chi connectivity index (χ3n) is 10.1. The highest BCUT2D eigenvalue weighted by molar-refractivity contribution is 6.89. The van der Waals surface area contributed by atoms with Crippen LogP contribution in [0.1, 0.15) is 0 Å². The van der Waals surface area contributed by atoms with Crippen molar-refractivity contribution in [1.82, 2.24) is 0 Å². The Kier molecular flexibility index (Phi) is 7.28. The lowest BCUT2D eigenvalue weighted by atomic mass is 9.83. The molecular weight excluding hydrogens is 609 g/mol. The standard InChI is InChI=1S/C46H42Si2/c1-47(2,3)35-21-14-19-33(26-35)45-38-24-12-13-25-39(38)46(34-20-15-22-36(27-34)48(4,5)6)44-30-42-40(31-16-8-7-9-17-31)28-32-18-10-11-23-37(32)41(42)29-43(44)45/h7-30H,1-6H3. The van der Waals surface area contributed by atoms with Gasteiger partial charge in [0.05, 0.1) is 16.1 Å². The van der Waals surface area contributed by atoms with Crippen LogP contribution in [-0.2, 0) is 0 Å². The lowest BCUT2D eigenvalue weighted by Gasteiger charge is -2.23. The first-order valence-corrected chi connectivity index (χ1v) is 24.2. The highest BCUT2D eigenvalue weighted by Crippen LogP contribution is 2.47. The number of hydrogen-bond donors (Lipinski definition) is 0. The predicted molar refractivity (Wildman–Crippen MR) is 219 cm³/mol. The Labute approximate surface area is 286 Å². The van der Waals surface area contributed by atoms with Crippen LogP contribution in [0.4, 0.5) is 0 Å². The van der Waals surface area contributed by atoms with Gasteiger partial charge in [0.15, 0.2) is 0 Å². The molecule has 0 aliphatic rings. The fourth-order valence-corrected chi connectivity index (χ4v) is 9.90. The molecule has 0 radical (unpaired) electrons. The average Bonchev–Trinajstić information content (AvgIpc) is 3.09. The van der Waals surface area contributed by atoms with E-state index in [9.17, 15) is 0 Å². The van der Waals surface area contributed by atoms with E-state index in [-0.39, 0.29) is 0 Å². The number of hydrogen-bond acceptors (Lipinski definition) is 0. The van der Waals surface area contributed by atoms with Crippen LogP contribution in [0.2, 0.25) is 39.3 Å². The van der Waals surface area contributed by atoms with Gasteiger partial charge in [-0.1, -0.05) is 177 Å². The Balaban J connectivity index is 1.61. The summed E-state index contributed by atoms with van der Waals surface area (Å²) in [4.78, 5) is 0. The smallest absolute Gasteiger partial charge is 0.0656 e. The topological polar surface area (TPSA) is 0 Å². The predicted octanol–water partition coefficient (Wildman–Crippen LogP) is 12.4. The second-order valence-electron chi connectivity index (χ2n) is 15.4. The van der Waals surface area contributed by atoms with E-state index in [0.29, 0.717) is 0 Å². The van der Waals surface area contributed by atoms with Gasteiger partial charge in [-0.15, -0.1) is 0 Å². The van der Waals surface area contributed by atoms with E-state index >= 15 is 0 Å². The minimum atomic E-state index is -1.54. The fourth-order valence-electron chi connectivity index (χ4n) is 7.53. The van der Waals surface area contributed by atoms with Crippen molar-refractivity contribution in [3.8, 4) is 33.4 Å². The van der Waals surface area contributed by atoms with E-state index in [4.69, 9.17) is 0 Å². The Hall–Kier alpha value is -4.77. The van der Waals surface area contributed by atoms with E-state index < -0.39 is 16.1 Å². The molecule has 0 atom stereocenters. The van der Waals surface area contributed by atoms with Gasteiger partial charge >= 0.3 is 0 Å². The molecule has 0 amide bonds. The van der Waals surface area contributed by atoms with Crippen molar-refractivity contribution in [3.63, 3.8) is 0 Å². The molecule has 48 heavy (non-hydrogen) atoms. The molecule has 0 N–H and O–H groups in total. The maximum Gasteiger partial charge on any atom is 0.0776 e. The van der Waals surface area contributed by atoms with Crippen LogP contribution < -0.4 is 10.4 Å². The van der Waals surface area contributed by atoms with Gasteiger partial charge < -0.3 is 0 Å². The average molecular weight is 651 g/mol. The molecule has 0 spiro atoms. The summed E-state index contributed by atoms with van der Waals surface area (Å²) in [6, 6.07) is 55.2. The van der Waals surface area contributed by atoms with Crippen LogP contribution in [0, 0.1) is 0 Å². The Morgan fingerprint density at radius 3 is 1.31 bits per heavy atom. The first-order valence-electron chi connectivity index (χ1n) is 17.2. The van der Waals surface area contributed by atoms with Crippen LogP contribution >= 0.6 is 0 Å². The van der Waals surface area contributed by atoms with Gasteiger partial charge in [0, 0.05) is 0 Å². The van der Waals surface area contributed by atoms with E-state index in [1.807, 2.05) is 0 Å². The molecule has 2 heteroatoms. The molecule has 8 aromatic rings. The molecule has 0 aromatic heterocycles. The molecule has 0 saturated carbocycles. The molecule has 0 aliphatic carbocycles. The van der Waals surface area contributed by atoms with Crippen LogP contribution in [-0.4, -0.2) is 16.1 Å². The van der Waals surface area contributed by atoms with Crippen molar-refractivity contribution in [2.75, 3.05) is 0 Å². The van der Waals surface area contributed by atoms with E-state index in [0.717, 1.165) is 0 Å². The molecule has 0 nitrogen and oxygen atoms in total. The maximum atomic E-state index is 2.52. The van der Waals surface area contributed by atoms with Crippen molar-refractivity contribution in [3.05, 3.63) is 146 Å². The fraction of sp³-hybridized carbons (Fsp3) is 0.130. The quantitative estimate of drug-likeness (QED) is 0.0988. The lowest BCUT2D eigenvalue weighted by Crippen LogP contribution is -2.37. The summed E-state index contributed by atoms with van der Waals surface area (Å²) in [6.07, 6.45) is 0. The third kappa shape index (κ3) is 5.21. The van der Waals surface area contributed by atoms with Gasteiger partial charge in [0.25, 0.3) is 0 Å². The zero-order valence-electron chi connectivity index (χ0n) is 28.9. The monoisotopic (exact) mass is 650 g/mol. The molecule has 8 aromatic carbocycles. The van der Waals surface area contributed by atoms with Gasteiger partial charge in [-0.2, -0.15) is 0 Å². The first-order chi connectivity index (χ1) is 23.1. The van der Waals surface area contributed by atoms with Gasteiger partial charge in [-0.25, -0.2) is 0 Å². The Bertz CT molecular complexity index is 2510. The molecule has 234 valence electrons. The molecule has 0 aliphatic heterocycles. The zero-order valence-corrected chi connectivity index (χ0v) is 30.9. The highest BCUT2D eigenvalue weighted by Gasteiger charge is 2.23. The molecule has 0 bridgehead atoms. The molecule has 0 heterocycles. The summed E-state index contributed by atoms with van der Waals surface area (Å²) in [5.41, 5.74) is 7.81. The lowest BCUT2D eigenvalue weighted by molar-refractivity contribution is 1.64. The van der Waals surface area contributed by atoms with Crippen molar-refractivity contribution >= 4 is 69.6 Å². The second kappa shape index (κ2) is 11.4. The first kappa shape index (κ1) is 30.6. The molecule has 8 rings (SSSR count). The zero-order chi connectivity index (χ0) is 33.2. The normalized spacial score (nSPS) is 12.4. The molecule has 0 saturated heterocycles. The van der Waals surface area contributed by atoms with Crippen LogP contribution in [0.15, 0.2) is 146 Å². The summed E-state index contributed by atoms with van der Waals surface area (Å²) >= 11 is 0. The SMILES string of the molecule is C[Si](C)(C)c1cccc(-c2c3ccccc3c(-c3cccc([Si](C)(C)C)c3)c3cc4c(cc23)c(-c2ccccc2)cc2ccccc24)c1. The highest BCUT2D eigenvalue weighted by atomic mass is 28.3. The summed E-state index contributed by atoms with van der Waals surface area (Å²) < 4.78 is 0. The van der Waals surface area contributed by atoms with Gasteiger partial charge in [0.2, 0.25) is 0 Å². The van der Waals surface area contributed by atoms with Crippen LogP contribution in [0.5, 0.6) is 0 Å². The summed E-state index contributed by atoms with van der Waals surface area (Å²) in [5.74, 6) is 0. The van der Waals surface area contributed by atoms with E-state index in [2.05, 4.69) is 185 Å². The van der Waals surface area contributed by atoms with E-state index in [1.54, 1.807) is 0 Å². The van der Waals surface area contributed by atoms with Crippen molar-refractivity contribution < 1.29 is 0 Å². The van der Waals surface area contributed by atoms with Gasteiger partial charge in [-0.3, -0.25) is 0 Å². The summed E-state index contributed by atoms with van der Waals surface area (Å²) in [5, 5.41) is 13.4. The maximum absolute atomic E-state index is 2.52. The van der Waals surface area contributed by atoms with Crippen LogP contribution in [0.3, 0.4) is 0 Å². The Morgan fingerprint density at radius 2 is 0.771 bits per heavy atom. The third-order valence-corrected chi connectivity index (χ3v) is 14.2. The minimum absolute atomic E-state index is 1.25. The molecule has 0 fully saturated rings. The van der Waals surface area contributed by atoms with Crippen molar-refractivity contribution in [2.45, 2.75) is 39.3 Å². The van der Waals surface area contributed by atoms with E-state index in [1.165, 1.54) is 86.8 Å².